The minimum atomic E-state index is -0.123. The van der Waals surface area contributed by atoms with Crippen LogP contribution < -0.4 is 5.73 Å². The van der Waals surface area contributed by atoms with E-state index in [1.807, 2.05) is 12.1 Å². The molecule has 6 atom stereocenters. The zero-order chi connectivity index (χ0) is 30.2. The Kier molecular flexibility index (Phi) is 12.0. The van der Waals surface area contributed by atoms with Crippen molar-refractivity contribution < 1.29 is 10.2 Å². The maximum absolute atomic E-state index is 11.5. The molecule has 0 saturated heterocycles. The molecule has 0 aliphatic heterocycles. The van der Waals surface area contributed by atoms with Crippen LogP contribution in [0, 0.1) is 23.2 Å². The summed E-state index contributed by atoms with van der Waals surface area (Å²) in [6, 6.07) is 12.7. The van der Waals surface area contributed by atoms with Crippen LogP contribution in [0.3, 0.4) is 0 Å². The number of fused-ring (bicyclic) bond motifs is 5. The maximum atomic E-state index is 11.5. The molecule has 238 valence electrons. The summed E-state index contributed by atoms with van der Waals surface area (Å²) in [6.07, 6.45) is 24.0. The molecule has 3 aliphatic carbocycles. The predicted molar refractivity (Wildman–Crippen MR) is 185 cm³/mol. The van der Waals surface area contributed by atoms with Crippen LogP contribution in [-0.4, -0.2) is 21.6 Å². The van der Waals surface area contributed by atoms with Crippen LogP contribution in [0.5, 0.6) is 5.75 Å². The Hall–Kier alpha value is -1.52. The first-order chi connectivity index (χ1) is 20.9. The van der Waals surface area contributed by atoms with E-state index in [1.54, 1.807) is 0 Å². The minimum Gasteiger partial charge on any atom is -0.508 e. The van der Waals surface area contributed by atoms with Gasteiger partial charge in [-0.3, -0.25) is 0 Å². The Labute approximate surface area is 270 Å². The number of rotatable bonds is 16. The molecule has 2 aromatic carbocycles. The largest absolute Gasteiger partial charge is 0.508 e. The summed E-state index contributed by atoms with van der Waals surface area (Å²) in [5.74, 6) is 2.88. The third kappa shape index (κ3) is 8.20. The SMILES string of the molecule is C[C@]12CC[C@@H]3c4ccc(O)cc4CC[C@H]3[C@@H]1C[C@H](CCCCCCCCCCCCCc1cc(N)cc(CCBr)c1)[C@@H]2O. The number of alkyl halides is 1. The fourth-order valence-electron chi connectivity index (χ4n) is 9.51. The van der Waals surface area contributed by atoms with Gasteiger partial charge >= 0.3 is 0 Å². The molecule has 2 aromatic rings. The Morgan fingerprint density at radius 1 is 0.837 bits per heavy atom. The topological polar surface area (TPSA) is 66.5 Å². The summed E-state index contributed by atoms with van der Waals surface area (Å²) in [4.78, 5) is 0. The van der Waals surface area contributed by atoms with Gasteiger partial charge in [0.1, 0.15) is 5.75 Å². The third-order valence-corrected chi connectivity index (χ3v) is 12.2. The lowest BCUT2D eigenvalue weighted by Gasteiger charge is -2.50. The van der Waals surface area contributed by atoms with Crippen LogP contribution >= 0.6 is 15.9 Å². The molecule has 3 aliphatic rings. The number of hydrogen-bond acceptors (Lipinski definition) is 3. The smallest absolute Gasteiger partial charge is 0.115 e. The van der Waals surface area contributed by atoms with Crippen LogP contribution in [0.4, 0.5) is 5.69 Å². The molecular weight excluding hydrogens is 594 g/mol. The number of unbranched alkanes of at least 4 members (excludes halogenated alkanes) is 10. The van der Waals surface area contributed by atoms with Gasteiger partial charge in [-0.2, -0.15) is 0 Å². The molecule has 2 fully saturated rings. The van der Waals surface area contributed by atoms with Crippen LogP contribution in [0.2, 0.25) is 0 Å². The van der Waals surface area contributed by atoms with Crippen LogP contribution in [0.15, 0.2) is 36.4 Å². The number of aryl methyl sites for hydroxylation is 3. The molecule has 5 rings (SSSR count). The van der Waals surface area contributed by atoms with E-state index < -0.39 is 0 Å². The van der Waals surface area contributed by atoms with Gasteiger partial charge < -0.3 is 15.9 Å². The number of aliphatic hydroxyl groups is 1. The van der Waals surface area contributed by atoms with E-state index in [0.29, 0.717) is 29.4 Å². The second-order valence-electron chi connectivity index (χ2n) is 14.7. The zero-order valence-electron chi connectivity index (χ0n) is 26.8. The van der Waals surface area contributed by atoms with Crippen LogP contribution in [-0.2, 0) is 19.3 Å². The molecule has 0 bridgehead atoms. The summed E-state index contributed by atoms with van der Waals surface area (Å²) >= 11 is 3.54. The highest BCUT2D eigenvalue weighted by Crippen LogP contribution is 2.62. The van der Waals surface area contributed by atoms with Gasteiger partial charge in [0, 0.05) is 11.0 Å². The number of aromatic hydroxyl groups is 1. The standard InChI is InChI=1S/C39H58BrNO2/c1-39-21-19-35-34-18-16-33(42)26-30(34)15-17-36(35)37(39)27-31(38(39)43)14-12-10-8-6-4-2-3-5-7-9-11-13-28-23-29(20-22-40)25-32(41)24-28/h16,18,23-26,31,35-38,42-43H,2-15,17,19-22,27,41H2,1H3/t31-,35+,36+,37-,38-,39-/m0/s1. The fourth-order valence-corrected chi connectivity index (χ4v) is 9.97. The highest BCUT2D eigenvalue weighted by molar-refractivity contribution is 9.09. The van der Waals surface area contributed by atoms with E-state index in [1.165, 1.54) is 119 Å². The van der Waals surface area contributed by atoms with Crippen molar-refractivity contribution in [2.24, 2.45) is 23.2 Å². The van der Waals surface area contributed by atoms with Gasteiger partial charge in [-0.25, -0.2) is 0 Å². The number of aliphatic hydroxyl groups excluding tert-OH is 1. The summed E-state index contributed by atoms with van der Waals surface area (Å²) in [5, 5.41) is 22.5. The number of anilines is 1. The van der Waals surface area contributed by atoms with E-state index in [0.717, 1.165) is 36.7 Å². The van der Waals surface area contributed by atoms with Crippen molar-refractivity contribution in [3.05, 3.63) is 58.7 Å². The molecule has 0 radical (unpaired) electrons. The van der Waals surface area contributed by atoms with Gasteiger partial charge in [-0.05, 0) is 133 Å². The molecule has 4 heteroatoms. The molecule has 0 aromatic heterocycles. The van der Waals surface area contributed by atoms with Gasteiger partial charge in [0.05, 0.1) is 6.10 Å². The molecule has 0 amide bonds. The average molecular weight is 653 g/mol. The number of phenolic OH excluding ortho intramolecular Hbond substituents is 1. The van der Waals surface area contributed by atoms with Crippen molar-refractivity contribution in [1.82, 2.24) is 0 Å². The highest BCUT2D eigenvalue weighted by Gasteiger charge is 2.57. The Balaban J connectivity index is 0.912. The lowest BCUT2D eigenvalue weighted by molar-refractivity contribution is -0.0335. The van der Waals surface area contributed by atoms with Crippen LogP contribution in [0.1, 0.15) is 138 Å². The van der Waals surface area contributed by atoms with E-state index in [2.05, 4.69) is 47.1 Å². The van der Waals surface area contributed by atoms with Crippen molar-refractivity contribution in [2.75, 3.05) is 11.1 Å². The molecular formula is C39H58BrNO2. The Morgan fingerprint density at radius 3 is 2.19 bits per heavy atom. The van der Waals surface area contributed by atoms with E-state index >= 15 is 0 Å². The molecule has 43 heavy (non-hydrogen) atoms. The summed E-state index contributed by atoms with van der Waals surface area (Å²) < 4.78 is 0. The first kappa shape index (κ1) is 32.9. The second-order valence-corrected chi connectivity index (χ2v) is 15.5. The first-order valence-electron chi connectivity index (χ1n) is 17.8. The molecule has 0 heterocycles. The molecule has 0 unspecified atom stereocenters. The lowest BCUT2D eigenvalue weighted by Crippen LogP contribution is -2.44. The minimum absolute atomic E-state index is 0.104. The van der Waals surface area contributed by atoms with E-state index in [-0.39, 0.29) is 11.5 Å². The van der Waals surface area contributed by atoms with Crippen molar-refractivity contribution in [2.45, 2.75) is 141 Å². The average Bonchev–Trinajstić information content (AvgIpc) is 3.24. The monoisotopic (exact) mass is 651 g/mol. The highest BCUT2D eigenvalue weighted by atomic mass is 79.9. The lowest BCUT2D eigenvalue weighted by atomic mass is 9.55. The Bertz CT molecular complexity index is 1170. The first-order valence-corrected chi connectivity index (χ1v) is 19.0. The van der Waals surface area contributed by atoms with Gasteiger partial charge in [-0.15, -0.1) is 0 Å². The fraction of sp³-hybridized carbons (Fsp3) is 0.692. The Morgan fingerprint density at radius 2 is 1.49 bits per heavy atom. The normalized spacial score (nSPS) is 27.9. The molecule has 3 nitrogen and oxygen atoms in total. The number of nitrogen functional groups attached to an aromatic ring is 1. The summed E-state index contributed by atoms with van der Waals surface area (Å²) in [5.41, 5.74) is 12.7. The molecule has 0 spiro atoms. The second kappa shape index (κ2) is 15.7. The maximum Gasteiger partial charge on any atom is 0.115 e. The number of halogens is 1. The quantitative estimate of drug-likeness (QED) is 0.0961. The van der Waals surface area contributed by atoms with E-state index in [9.17, 15) is 10.2 Å². The number of phenols is 1. The van der Waals surface area contributed by atoms with E-state index in [4.69, 9.17) is 5.73 Å². The van der Waals surface area contributed by atoms with Crippen molar-refractivity contribution in [3.8, 4) is 5.75 Å². The van der Waals surface area contributed by atoms with Crippen molar-refractivity contribution in [3.63, 3.8) is 0 Å². The van der Waals surface area contributed by atoms with Gasteiger partial charge in [-0.1, -0.05) is 99.2 Å². The van der Waals surface area contributed by atoms with Crippen LogP contribution in [0.25, 0.3) is 0 Å². The third-order valence-electron chi connectivity index (χ3n) is 11.8. The van der Waals surface area contributed by atoms with Gasteiger partial charge in [0.15, 0.2) is 0 Å². The molecule has 4 N–H and O–H groups in total. The number of benzene rings is 2. The predicted octanol–water partition coefficient (Wildman–Crippen LogP) is 10.3. The number of hydrogen-bond donors (Lipinski definition) is 3. The number of nitrogens with two attached hydrogens (primary N) is 1. The summed E-state index contributed by atoms with van der Waals surface area (Å²) in [7, 11) is 0. The van der Waals surface area contributed by atoms with Crippen molar-refractivity contribution in [1.29, 1.82) is 0 Å². The van der Waals surface area contributed by atoms with Crippen molar-refractivity contribution >= 4 is 21.6 Å². The van der Waals surface area contributed by atoms with Gasteiger partial charge in [0.2, 0.25) is 0 Å². The summed E-state index contributed by atoms with van der Waals surface area (Å²) in [6.45, 7) is 2.41. The van der Waals surface area contributed by atoms with Gasteiger partial charge in [0.25, 0.3) is 0 Å². The molecule has 2 saturated carbocycles. The zero-order valence-corrected chi connectivity index (χ0v) is 28.4.